The van der Waals surface area contributed by atoms with Crippen LogP contribution in [0.5, 0.6) is 0 Å². The number of rotatable bonds is 6. The Kier molecular flexibility index (Phi) is 6.70. The van der Waals surface area contributed by atoms with E-state index in [1.165, 1.54) is 12.8 Å². The summed E-state index contributed by atoms with van der Waals surface area (Å²) in [6, 6.07) is 0. The third-order valence-electron chi connectivity index (χ3n) is 2.70. The Morgan fingerprint density at radius 1 is 0.923 bits per heavy atom. The Morgan fingerprint density at radius 3 is 1.46 bits per heavy atom. The third-order valence-corrected chi connectivity index (χ3v) is 10.3. The summed E-state index contributed by atoms with van der Waals surface area (Å²) in [7, 11) is -1.42. The van der Waals surface area contributed by atoms with E-state index in [0.717, 1.165) is 12.8 Å². The van der Waals surface area contributed by atoms with Crippen molar-refractivity contribution < 1.29 is 0 Å². The normalized spacial score (nSPS) is 17.1. The lowest BCUT2D eigenvalue weighted by atomic mass is 10.4. The van der Waals surface area contributed by atoms with Crippen LogP contribution in [0.4, 0.5) is 0 Å². The van der Waals surface area contributed by atoms with Crippen LogP contribution in [-0.4, -0.2) is 18.1 Å². The molecule has 0 radical (unpaired) electrons. The van der Waals surface area contributed by atoms with Crippen molar-refractivity contribution in [2.75, 3.05) is 0 Å². The second-order valence-corrected chi connectivity index (χ2v) is 11.2. The van der Waals surface area contributed by atoms with Crippen molar-refractivity contribution in [2.45, 2.75) is 62.6 Å². The highest BCUT2D eigenvalue weighted by Gasteiger charge is 2.36. The Bertz CT molecular complexity index is 123. The van der Waals surface area contributed by atoms with E-state index in [2.05, 4.69) is 26.9 Å². The van der Waals surface area contributed by atoms with Gasteiger partial charge in [0.1, 0.15) is 0 Å². The lowest BCUT2D eigenvalue weighted by Crippen LogP contribution is -2.47. The fourth-order valence-electron chi connectivity index (χ4n) is 1.45. The second-order valence-electron chi connectivity index (χ2n) is 4.33. The maximum absolute atomic E-state index is 6.38. The summed E-state index contributed by atoms with van der Waals surface area (Å²) in [5.74, 6) is 0. The molecule has 2 atom stereocenters. The Balaban J connectivity index is 4.17. The lowest BCUT2D eigenvalue weighted by molar-refractivity contribution is 0.796. The van der Waals surface area contributed by atoms with Crippen molar-refractivity contribution >= 4 is 31.3 Å². The van der Waals surface area contributed by atoms with Crippen molar-refractivity contribution in [1.82, 2.24) is 0 Å². The van der Waals surface area contributed by atoms with Gasteiger partial charge in [-0.25, -0.2) is 0 Å². The third kappa shape index (κ3) is 4.22. The van der Waals surface area contributed by atoms with E-state index in [4.69, 9.17) is 23.2 Å². The summed E-state index contributed by atoms with van der Waals surface area (Å²) in [6.07, 6.45) is 4.57. The van der Waals surface area contributed by atoms with Gasteiger partial charge >= 0.3 is 0 Å². The molecule has 0 rings (SSSR count). The van der Waals surface area contributed by atoms with E-state index >= 15 is 0 Å². The van der Waals surface area contributed by atoms with Crippen LogP contribution in [0.25, 0.3) is 0 Å². The minimum absolute atomic E-state index is 0.339. The maximum Gasteiger partial charge on any atom is 0.0877 e. The molecule has 0 bridgehead atoms. The number of halogens is 2. The molecule has 0 aliphatic rings. The van der Waals surface area contributed by atoms with E-state index < -0.39 is 8.07 Å². The molecule has 0 N–H and O–H groups in total. The highest BCUT2D eigenvalue weighted by molar-refractivity contribution is 6.90. The first-order chi connectivity index (χ1) is 5.96. The molecule has 0 spiro atoms. The molecule has 0 fully saturated rings. The van der Waals surface area contributed by atoms with Gasteiger partial charge in [-0.2, -0.15) is 0 Å². The van der Waals surface area contributed by atoms with Crippen molar-refractivity contribution in [3.63, 3.8) is 0 Å². The van der Waals surface area contributed by atoms with Crippen LogP contribution in [0.1, 0.15) is 39.5 Å². The van der Waals surface area contributed by atoms with E-state index in [9.17, 15) is 0 Å². The molecule has 0 aromatic rings. The van der Waals surface area contributed by atoms with Crippen LogP contribution in [0.3, 0.4) is 0 Å². The standard InChI is InChI=1S/C10H22Cl2Si/c1-5-7-9(11)13(3,4)10(12)8-6-2/h9-10H,5-8H2,1-4H3. The molecule has 3 heteroatoms. The van der Waals surface area contributed by atoms with Gasteiger partial charge in [-0.3, -0.25) is 0 Å². The van der Waals surface area contributed by atoms with Crippen molar-refractivity contribution in [1.29, 1.82) is 0 Å². The summed E-state index contributed by atoms with van der Waals surface area (Å²) in [5.41, 5.74) is 0. The minimum Gasteiger partial charge on any atom is -0.126 e. The molecule has 0 amide bonds. The fourth-order valence-corrected chi connectivity index (χ4v) is 5.45. The molecule has 0 aromatic carbocycles. The van der Waals surface area contributed by atoms with E-state index in [0.29, 0.717) is 10.0 Å². The van der Waals surface area contributed by atoms with Crippen LogP contribution in [0, 0.1) is 0 Å². The summed E-state index contributed by atoms with van der Waals surface area (Å²) in [6.45, 7) is 8.99. The van der Waals surface area contributed by atoms with Crippen molar-refractivity contribution in [2.24, 2.45) is 0 Å². The molecule has 0 saturated carbocycles. The molecule has 0 aliphatic carbocycles. The summed E-state index contributed by atoms with van der Waals surface area (Å²) < 4.78 is 0. The zero-order valence-corrected chi connectivity index (χ0v) is 11.8. The predicted molar refractivity (Wildman–Crippen MR) is 66.6 cm³/mol. The summed E-state index contributed by atoms with van der Waals surface area (Å²) >= 11 is 12.8. The molecular formula is C10H22Cl2Si. The SMILES string of the molecule is CCCC(Cl)[Si](C)(C)C(Cl)CCC. The fraction of sp³-hybridized carbons (Fsp3) is 1.00. The van der Waals surface area contributed by atoms with Crippen LogP contribution in [0.2, 0.25) is 13.1 Å². The average molecular weight is 241 g/mol. The highest BCUT2D eigenvalue weighted by atomic mass is 35.5. The molecule has 13 heavy (non-hydrogen) atoms. The first-order valence-electron chi connectivity index (χ1n) is 5.24. The van der Waals surface area contributed by atoms with Gasteiger partial charge in [0.15, 0.2) is 0 Å². The molecule has 80 valence electrons. The molecule has 2 unspecified atom stereocenters. The number of alkyl halides is 2. The van der Waals surface area contributed by atoms with Gasteiger partial charge in [0.2, 0.25) is 0 Å². The molecule has 0 heterocycles. The van der Waals surface area contributed by atoms with Crippen LogP contribution in [-0.2, 0) is 0 Å². The predicted octanol–water partition coefficient (Wildman–Crippen LogP) is 4.59. The quantitative estimate of drug-likeness (QED) is 0.471. The summed E-state index contributed by atoms with van der Waals surface area (Å²) in [5, 5.41) is 0.679. The second kappa shape index (κ2) is 6.31. The van der Waals surface area contributed by atoms with E-state index in [1.54, 1.807) is 0 Å². The number of hydrogen-bond acceptors (Lipinski definition) is 0. The van der Waals surface area contributed by atoms with Gasteiger partial charge in [0.05, 0.1) is 8.07 Å². The monoisotopic (exact) mass is 240 g/mol. The van der Waals surface area contributed by atoms with Crippen molar-refractivity contribution in [3.05, 3.63) is 0 Å². The zero-order chi connectivity index (χ0) is 10.5. The van der Waals surface area contributed by atoms with Gasteiger partial charge in [0.25, 0.3) is 0 Å². The van der Waals surface area contributed by atoms with Gasteiger partial charge in [-0.1, -0.05) is 39.8 Å². The number of hydrogen-bond donors (Lipinski definition) is 0. The van der Waals surface area contributed by atoms with Crippen molar-refractivity contribution in [3.8, 4) is 0 Å². The van der Waals surface area contributed by atoms with Crippen LogP contribution < -0.4 is 0 Å². The minimum atomic E-state index is -1.42. The Morgan fingerprint density at radius 2 is 1.23 bits per heavy atom. The molecule has 0 saturated heterocycles. The molecular weight excluding hydrogens is 219 g/mol. The van der Waals surface area contributed by atoms with Crippen LogP contribution >= 0.6 is 23.2 Å². The summed E-state index contributed by atoms with van der Waals surface area (Å²) in [4.78, 5) is 0. The van der Waals surface area contributed by atoms with E-state index in [1.807, 2.05) is 0 Å². The van der Waals surface area contributed by atoms with Crippen LogP contribution in [0.15, 0.2) is 0 Å². The molecule has 0 aliphatic heterocycles. The smallest absolute Gasteiger partial charge is 0.0877 e. The first kappa shape index (κ1) is 13.8. The largest absolute Gasteiger partial charge is 0.126 e. The molecule has 0 aromatic heterocycles. The lowest BCUT2D eigenvalue weighted by Gasteiger charge is -2.32. The first-order valence-corrected chi connectivity index (χ1v) is 9.27. The average Bonchev–Trinajstić information content (AvgIpc) is 2.05. The van der Waals surface area contributed by atoms with Gasteiger partial charge in [-0.05, 0) is 12.8 Å². The van der Waals surface area contributed by atoms with Gasteiger partial charge < -0.3 is 0 Å². The van der Waals surface area contributed by atoms with Gasteiger partial charge in [0, 0.05) is 10.0 Å². The Labute approximate surface area is 94.0 Å². The Hall–Kier alpha value is 0.797. The molecule has 0 nitrogen and oxygen atoms in total. The van der Waals surface area contributed by atoms with E-state index in [-0.39, 0.29) is 0 Å². The zero-order valence-electron chi connectivity index (χ0n) is 9.24. The highest BCUT2D eigenvalue weighted by Crippen LogP contribution is 2.28. The van der Waals surface area contributed by atoms with Gasteiger partial charge in [-0.15, -0.1) is 23.2 Å². The maximum atomic E-state index is 6.38. The topological polar surface area (TPSA) is 0 Å².